The maximum atomic E-state index is 12.7. The molecule has 0 aliphatic heterocycles. The van der Waals surface area contributed by atoms with Crippen molar-refractivity contribution in [3.63, 3.8) is 0 Å². The minimum Gasteiger partial charge on any atom is -0.224 e. The Hall–Kier alpha value is -2.34. The first-order valence-corrected chi connectivity index (χ1v) is 14.9. The topological polar surface area (TPSA) is 102 Å². The average molecular weight is 539 g/mol. The van der Waals surface area contributed by atoms with Crippen LogP contribution in [0.1, 0.15) is 0 Å². The van der Waals surface area contributed by atoms with Gasteiger partial charge in [-0.25, -0.2) is 34.0 Å². The van der Waals surface area contributed by atoms with Gasteiger partial charge in [0, 0.05) is 12.5 Å². The molecule has 180 valence electrons. The molecule has 3 aromatic carbocycles. The maximum absolute atomic E-state index is 12.7. The predicted octanol–water partition coefficient (Wildman–Crippen LogP) is 4.12. The number of benzene rings is 3. The summed E-state index contributed by atoms with van der Waals surface area (Å²) < 4.78 is 90.8. The zero-order valence-corrected chi connectivity index (χ0v) is 20.7. The summed E-state index contributed by atoms with van der Waals surface area (Å²) in [5.74, 6) is -2.12. The highest BCUT2D eigenvalue weighted by molar-refractivity contribution is 7.92. The van der Waals surface area contributed by atoms with Crippen LogP contribution in [0.3, 0.4) is 0 Å². The van der Waals surface area contributed by atoms with E-state index in [1.54, 1.807) is 48.5 Å². The quantitative estimate of drug-likeness (QED) is 0.463. The molecule has 12 heteroatoms. The van der Waals surface area contributed by atoms with E-state index >= 15 is 0 Å². The van der Waals surface area contributed by atoms with Gasteiger partial charge in [0.25, 0.3) is 0 Å². The van der Waals surface area contributed by atoms with Gasteiger partial charge in [0.2, 0.25) is 0 Å². The molecule has 0 radical (unpaired) electrons. The molecule has 0 heterocycles. The van der Waals surface area contributed by atoms with Crippen molar-refractivity contribution in [2.75, 3.05) is 17.7 Å². The molecule has 0 fully saturated rings. The average Bonchev–Trinajstić information content (AvgIpc) is 2.74. The van der Waals surface area contributed by atoms with E-state index in [0.29, 0.717) is 4.90 Å². The van der Waals surface area contributed by atoms with E-state index in [9.17, 15) is 34.0 Å². The molecular formula is C21H21ClF2O6S3. The minimum atomic E-state index is -3.81. The van der Waals surface area contributed by atoms with Crippen molar-refractivity contribution in [1.82, 2.24) is 0 Å². The van der Waals surface area contributed by atoms with Crippen molar-refractivity contribution < 1.29 is 34.0 Å². The second-order valence-corrected chi connectivity index (χ2v) is 13.0. The molecule has 3 aromatic rings. The van der Waals surface area contributed by atoms with Crippen LogP contribution >= 0.6 is 11.6 Å². The molecule has 0 N–H and O–H groups in total. The van der Waals surface area contributed by atoms with Gasteiger partial charge in [0.1, 0.15) is 21.7 Å². The number of rotatable bonds is 4. The fraction of sp³-hybridized carbons (Fsp3) is 0.143. The van der Waals surface area contributed by atoms with Gasteiger partial charge in [-0.3, -0.25) is 0 Å². The normalized spacial score (nSPS) is 11.4. The van der Waals surface area contributed by atoms with Crippen LogP contribution in [-0.2, 0) is 29.5 Å². The van der Waals surface area contributed by atoms with Gasteiger partial charge < -0.3 is 0 Å². The van der Waals surface area contributed by atoms with Crippen LogP contribution < -0.4 is 0 Å². The molecule has 0 saturated heterocycles. The summed E-state index contributed by atoms with van der Waals surface area (Å²) in [6, 6.07) is 19.4. The number of sulfone groups is 3. The molecule has 0 aliphatic carbocycles. The number of halogens is 3. The van der Waals surface area contributed by atoms with E-state index in [2.05, 4.69) is 0 Å². The van der Waals surface area contributed by atoms with Crippen LogP contribution in [0.5, 0.6) is 0 Å². The van der Waals surface area contributed by atoms with Crippen LogP contribution in [0.2, 0.25) is 0 Å². The van der Waals surface area contributed by atoms with Gasteiger partial charge in [0.15, 0.2) is 29.5 Å². The van der Waals surface area contributed by atoms with Crippen LogP contribution in [0.25, 0.3) is 0 Å². The fourth-order valence-corrected chi connectivity index (χ4v) is 4.77. The minimum absolute atomic E-state index is 0.273. The van der Waals surface area contributed by atoms with Crippen LogP contribution in [0.4, 0.5) is 8.78 Å². The van der Waals surface area contributed by atoms with Crippen LogP contribution in [0, 0.1) is 11.6 Å². The lowest BCUT2D eigenvalue weighted by Crippen LogP contribution is -2.03. The Morgan fingerprint density at radius 3 is 1.27 bits per heavy atom. The third-order valence-electron chi connectivity index (χ3n) is 3.71. The summed E-state index contributed by atoms with van der Waals surface area (Å²) in [7, 11) is -10.0. The largest absolute Gasteiger partial charge is 0.224 e. The Morgan fingerprint density at radius 1 is 0.606 bits per heavy atom. The highest BCUT2D eigenvalue weighted by atomic mass is 35.5. The van der Waals surface area contributed by atoms with E-state index in [-0.39, 0.29) is 10.1 Å². The van der Waals surface area contributed by atoms with E-state index in [0.717, 1.165) is 24.5 Å². The van der Waals surface area contributed by atoms with Gasteiger partial charge in [-0.2, -0.15) is 0 Å². The van der Waals surface area contributed by atoms with Gasteiger partial charge >= 0.3 is 0 Å². The molecule has 33 heavy (non-hydrogen) atoms. The lowest BCUT2D eigenvalue weighted by atomic mass is 10.3. The van der Waals surface area contributed by atoms with Crippen molar-refractivity contribution in [1.29, 1.82) is 0 Å². The SMILES string of the molecule is CS(=O)(=O)c1c(F)cccc1F.CS(=O)(=O)c1ccccc1.O=S(=O)(CCl)c1ccccc1. The first kappa shape index (κ1) is 28.7. The van der Waals surface area contributed by atoms with Crippen molar-refractivity contribution in [2.24, 2.45) is 0 Å². The van der Waals surface area contributed by atoms with E-state index in [1.165, 1.54) is 18.4 Å². The molecule has 6 nitrogen and oxygen atoms in total. The molecule has 3 rings (SSSR count). The molecule has 0 saturated carbocycles. The summed E-state index contributed by atoms with van der Waals surface area (Å²) in [5.41, 5.74) is 0. The summed E-state index contributed by atoms with van der Waals surface area (Å²) >= 11 is 5.24. The van der Waals surface area contributed by atoms with E-state index in [1.807, 2.05) is 0 Å². The zero-order chi connectivity index (χ0) is 25.3. The van der Waals surface area contributed by atoms with Gasteiger partial charge in [0.05, 0.1) is 9.79 Å². The van der Waals surface area contributed by atoms with Gasteiger partial charge in [-0.15, -0.1) is 11.6 Å². The first-order valence-electron chi connectivity index (χ1n) is 8.93. The Bertz CT molecular complexity index is 1340. The Labute approximate surface area is 197 Å². The van der Waals surface area contributed by atoms with Crippen molar-refractivity contribution in [3.8, 4) is 0 Å². The third-order valence-corrected chi connectivity index (χ3v) is 8.11. The highest BCUT2D eigenvalue weighted by Crippen LogP contribution is 2.17. The summed E-state index contributed by atoms with van der Waals surface area (Å²) in [6.45, 7) is 0. The maximum Gasteiger partial charge on any atom is 0.192 e. The zero-order valence-electron chi connectivity index (χ0n) is 17.5. The Morgan fingerprint density at radius 2 is 1.00 bits per heavy atom. The van der Waals surface area contributed by atoms with Gasteiger partial charge in [-0.1, -0.05) is 42.5 Å². The number of hydrogen-bond donors (Lipinski definition) is 0. The molecule has 0 spiro atoms. The second kappa shape index (κ2) is 12.2. The highest BCUT2D eigenvalue weighted by Gasteiger charge is 2.18. The van der Waals surface area contributed by atoms with Crippen molar-refractivity contribution >= 4 is 41.1 Å². The Kier molecular flexibility index (Phi) is 10.6. The Balaban J connectivity index is 0.000000249. The predicted molar refractivity (Wildman–Crippen MR) is 123 cm³/mol. The van der Waals surface area contributed by atoms with Crippen LogP contribution in [-0.4, -0.2) is 43.0 Å². The van der Waals surface area contributed by atoms with Gasteiger partial charge in [-0.05, 0) is 36.4 Å². The molecule has 0 aromatic heterocycles. The van der Waals surface area contributed by atoms with E-state index in [4.69, 9.17) is 11.6 Å². The molecule has 0 amide bonds. The summed E-state index contributed by atoms with van der Waals surface area (Å²) in [5, 5.41) is -0.364. The smallest absolute Gasteiger partial charge is 0.192 e. The van der Waals surface area contributed by atoms with Crippen molar-refractivity contribution in [2.45, 2.75) is 14.7 Å². The number of alkyl halides is 1. The number of hydrogen-bond acceptors (Lipinski definition) is 6. The van der Waals surface area contributed by atoms with E-state index < -0.39 is 46.0 Å². The molecule has 0 aliphatic rings. The lowest BCUT2D eigenvalue weighted by Gasteiger charge is -2.00. The monoisotopic (exact) mass is 538 g/mol. The summed E-state index contributed by atoms with van der Waals surface area (Å²) in [4.78, 5) is -0.227. The lowest BCUT2D eigenvalue weighted by molar-refractivity contribution is 0.521. The second-order valence-electron chi connectivity index (χ2n) is 6.45. The first-order chi connectivity index (χ1) is 15.2. The molecule has 0 unspecified atom stereocenters. The standard InChI is InChI=1S/C7H7ClO2S.C7H6F2O2S.C7H8O2S/c8-6-11(9,10)7-4-2-1-3-5-7;1-12(10,11)7-5(8)3-2-4-6(7)9;1-10(8,9)7-5-3-2-4-6-7/h1-5H,6H2;2-4H,1H3;2-6H,1H3. The molecule has 0 atom stereocenters. The fourth-order valence-electron chi connectivity index (χ4n) is 2.20. The molecule has 0 bridgehead atoms. The molecular weight excluding hydrogens is 518 g/mol. The van der Waals surface area contributed by atoms with Crippen molar-refractivity contribution in [3.05, 3.63) is 90.5 Å². The summed E-state index contributed by atoms with van der Waals surface area (Å²) in [6.07, 6.45) is 1.96. The third kappa shape index (κ3) is 9.58. The van der Waals surface area contributed by atoms with Crippen LogP contribution in [0.15, 0.2) is 93.5 Å².